The van der Waals surface area contributed by atoms with Crippen LogP contribution in [-0.4, -0.2) is 31.2 Å². The Bertz CT molecular complexity index is 333. The summed E-state index contributed by atoms with van der Waals surface area (Å²) >= 11 is 0. The normalized spacial score (nSPS) is 23.9. The van der Waals surface area contributed by atoms with Crippen molar-refractivity contribution in [2.75, 3.05) is 31.1 Å². The molecule has 1 aromatic rings. The van der Waals surface area contributed by atoms with Gasteiger partial charge < -0.3 is 10.2 Å². The maximum atomic E-state index is 4.19. The van der Waals surface area contributed by atoms with Crippen molar-refractivity contribution >= 4 is 5.69 Å². The van der Waals surface area contributed by atoms with Crippen LogP contribution in [0.2, 0.25) is 0 Å². The van der Waals surface area contributed by atoms with E-state index in [2.05, 4.69) is 21.3 Å². The Morgan fingerprint density at radius 3 is 2.75 bits per heavy atom. The smallest absolute Gasteiger partial charge is 0.0552 e. The second-order valence-electron chi connectivity index (χ2n) is 5.13. The van der Waals surface area contributed by atoms with Gasteiger partial charge >= 0.3 is 0 Å². The van der Waals surface area contributed by atoms with E-state index in [0.717, 1.165) is 0 Å². The molecule has 3 nitrogen and oxygen atoms in total. The molecule has 0 bridgehead atoms. The summed E-state index contributed by atoms with van der Waals surface area (Å²) in [6.45, 7) is 4.82. The molecule has 0 aromatic carbocycles. The molecule has 16 heavy (non-hydrogen) atoms. The molecule has 0 aliphatic carbocycles. The topological polar surface area (TPSA) is 28.2 Å². The summed E-state index contributed by atoms with van der Waals surface area (Å²) in [6.07, 6.45) is 7.85. The Balaban J connectivity index is 1.66. The van der Waals surface area contributed by atoms with Gasteiger partial charge in [0, 0.05) is 25.8 Å². The molecule has 3 heterocycles. The monoisotopic (exact) mass is 217 g/mol. The maximum absolute atomic E-state index is 4.19. The number of nitrogens with zero attached hydrogens (tertiary/aromatic N) is 2. The number of aromatic nitrogens is 1. The lowest BCUT2D eigenvalue weighted by Crippen LogP contribution is -2.41. The Morgan fingerprint density at radius 1 is 1.25 bits per heavy atom. The third kappa shape index (κ3) is 1.80. The van der Waals surface area contributed by atoms with E-state index in [1.54, 1.807) is 0 Å². The maximum Gasteiger partial charge on any atom is 0.0552 e. The van der Waals surface area contributed by atoms with E-state index < -0.39 is 0 Å². The standard InChI is InChI=1S/C13H19N3/c1-2-12(10-14-6-1)16-8-4-13(5-9-16)3-7-15-11-13/h1-2,6,10,15H,3-5,7-9,11H2. The highest BCUT2D eigenvalue weighted by molar-refractivity contribution is 5.44. The van der Waals surface area contributed by atoms with Crippen LogP contribution in [-0.2, 0) is 0 Å². The third-order valence-electron chi connectivity index (χ3n) is 4.17. The summed E-state index contributed by atoms with van der Waals surface area (Å²) in [7, 11) is 0. The Labute approximate surface area is 96.9 Å². The van der Waals surface area contributed by atoms with Crippen LogP contribution in [0.5, 0.6) is 0 Å². The molecule has 0 unspecified atom stereocenters. The number of pyridine rings is 1. The first-order valence-electron chi connectivity index (χ1n) is 6.24. The minimum atomic E-state index is 0.610. The Morgan fingerprint density at radius 2 is 2.12 bits per heavy atom. The lowest BCUT2D eigenvalue weighted by molar-refractivity contribution is 0.247. The molecule has 0 radical (unpaired) electrons. The molecule has 3 heteroatoms. The number of anilines is 1. The zero-order valence-corrected chi connectivity index (χ0v) is 9.65. The summed E-state index contributed by atoms with van der Waals surface area (Å²) in [5.41, 5.74) is 1.89. The van der Waals surface area contributed by atoms with Crippen molar-refractivity contribution in [1.29, 1.82) is 0 Å². The second-order valence-corrected chi connectivity index (χ2v) is 5.13. The van der Waals surface area contributed by atoms with Crippen molar-refractivity contribution in [2.45, 2.75) is 19.3 Å². The van der Waals surface area contributed by atoms with E-state index >= 15 is 0 Å². The van der Waals surface area contributed by atoms with Crippen LogP contribution in [0.1, 0.15) is 19.3 Å². The zero-order chi connectivity index (χ0) is 10.8. The predicted octanol–water partition coefficient (Wildman–Crippen LogP) is 1.66. The Hall–Kier alpha value is -1.09. The SMILES string of the molecule is c1cncc(N2CCC3(CCNC3)CC2)c1. The van der Waals surface area contributed by atoms with Gasteiger partial charge in [0.05, 0.1) is 11.9 Å². The van der Waals surface area contributed by atoms with Crippen LogP contribution in [0.15, 0.2) is 24.5 Å². The lowest BCUT2D eigenvalue weighted by Gasteiger charge is -2.39. The minimum Gasteiger partial charge on any atom is -0.370 e. The number of piperidine rings is 1. The summed E-state index contributed by atoms with van der Waals surface area (Å²) in [5, 5.41) is 3.51. The van der Waals surface area contributed by atoms with Gasteiger partial charge in [-0.3, -0.25) is 4.98 Å². The van der Waals surface area contributed by atoms with Crippen molar-refractivity contribution in [3.8, 4) is 0 Å². The molecule has 0 atom stereocenters. The van der Waals surface area contributed by atoms with Gasteiger partial charge in [-0.25, -0.2) is 0 Å². The molecular formula is C13H19N3. The fourth-order valence-electron chi connectivity index (χ4n) is 3.00. The van der Waals surface area contributed by atoms with Gasteiger partial charge in [0.1, 0.15) is 0 Å². The molecular weight excluding hydrogens is 198 g/mol. The molecule has 1 spiro atoms. The second kappa shape index (κ2) is 4.06. The third-order valence-corrected chi connectivity index (χ3v) is 4.17. The van der Waals surface area contributed by atoms with Crippen molar-refractivity contribution in [3.63, 3.8) is 0 Å². The molecule has 3 rings (SSSR count). The van der Waals surface area contributed by atoms with Crippen molar-refractivity contribution in [1.82, 2.24) is 10.3 Å². The highest BCUT2D eigenvalue weighted by Crippen LogP contribution is 2.37. The largest absolute Gasteiger partial charge is 0.370 e. The number of rotatable bonds is 1. The molecule has 1 N–H and O–H groups in total. The first-order chi connectivity index (χ1) is 7.88. The lowest BCUT2D eigenvalue weighted by atomic mass is 9.78. The van der Waals surface area contributed by atoms with Gasteiger partial charge in [0.25, 0.3) is 0 Å². The van der Waals surface area contributed by atoms with Gasteiger partial charge in [0.2, 0.25) is 0 Å². The van der Waals surface area contributed by atoms with Crippen molar-refractivity contribution < 1.29 is 0 Å². The van der Waals surface area contributed by atoms with Crippen LogP contribution >= 0.6 is 0 Å². The average Bonchev–Trinajstić information content (AvgIpc) is 2.80. The average molecular weight is 217 g/mol. The van der Waals surface area contributed by atoms with Gasteiger partial charge in [0.15, 0.2) is 0 Å². The highest BCUT2D eigenvalue weighted by Gasteiger charge is 2.36. The van der Waals surface area contributed by atoms with Gasteiger partial charge in [-0.1, -0.05) is 0 Å². The van der Waals surface area contributed by atoms with Gasteiger partial charge in [-0.15, -0.1) is 0 Å². The van der Waals surface area contributed by atoms with Crippen LogP contribution in [0.25, 0.3) is 0 Å². The molecule has 2 aliphatic heterocycles. The molecule has 2 aliphatic rings. The highest BCUT2D eigenvalue weighted by atomic mass is 15.1. The Kier molecular flexibility index (Phi) is 2.56. The van der Waals surface area contributed by atoms with Gasteiger partial charge in [-0.05, 0) is 43.4 Å². The quantitative estimate of drug-likeness (QED) is 0.775. The first-order valence-corrected chi connectivity index (χ1v) is 6.24. The summed E-state index contributed by atoms with van der Waals surface area (Å²) in [6, 6.07) is 4.19. The van der Waals surface area contributed by atoms with Crippen molar-refractivity contribution in [2.24, 2.45) is 5.41 Å². The van der Waals surface area contributed by atoms with Crippen LogP contribution in [0.3, 0.4) is 0 Å². The summed E-state index contributed by atoms with van der Waals surface area (Å²) in [5.74, 6) is 0. The summed E-state index contributed by atoms with van der Waals surface area (Å²) in [4.78, 5) is 6.66. The van der Waals surface area contributed by atoms with Crippen LogP contribution < -0.4 is 10.2 Å². The van der Waals surface area contributed by atoms with E-state index in [9.17, 15) is 0 Å². The number of nitrogens with one attached hydrogen (secondary N) is 1. The van der Waals surface area contributed by atoms with E-state index in [1.165, 1.54) is 51.1 Å². The molecule has 0 saturated carbocycles. The van der Waals surface area contributed by atoms with Crippen LogP contribution in [0.4, 0.5) is 5.69 Å². The van der Waals surface area contributed by atoms with E-state index in [-0.39, 0.29) is 0 Å². The van der Waals surface area contributed by atoms with E-state index in [1.807, 2.05) is 18.5 Å². The molecule has 2 saturated heterocycles. The number of hydrogen-bond donors (Lipinski definition) is 1. The van der Waals surface area contributed by atoms with E-state index in [0.29, 0.717) is 5.41 Å². The zero-order valence-electron chi connectivity index (χ0n) is 9.65. The van der Waals surface area contributed by atoms with Crippen LogP contribution in [0, 0.1) is 5.41 Å². The molecule has 0 amide bonds. The fraction of sp³-hybridized carbons (Fsp3) is 0.615. The van der Waals surface area contributed by atoms with Crippen molar-refractivity contribution in [3.05, 3.63) is 24.5 Å². The number of hydrogen-bond acceptors (Lipinski definition) is 3. The fourth-order valence-corrected chi connectivity index (χ4v) is 3.00. The van der Waals surface area contributed by atoms with Gasteiger partial charge in [-0.2, -0.15) is 0 Å². The molecule has 1 aromatic heterocycles. The predicted molar refractivity (Wildman–Crippen MR) is 65.6 cm³/mol. The van der Waals surface area contributed by atoms with E-state index in [4.69, 9.17) is 0 Å². The summed E-state index contributed by atoms with van der Waals surface area (Å²) < 4.78 is 0. The molecule has 86 valence electrons. The first kappa shape index (κ1) is 10.1. The molecule has 2 fully saturated rings. The minimum absolute atomic E-state index is 0.610.